The molecule has 4 heteroatoms. The third kappa shape index (κ3) is 3.98. The zero-order chi connectivity index (χ0) is 14.5. The van der Waals surface area contributed by atoms with Crippen molar-refractivity contribution >= 4 is 0 Å². The van der Waals surface area contributed by atoms with Gasteiger partial charge in [-0.1, -0.05) is 19.8 Å². The van der Waals surface area contributed by atoms with Crippen LogP contribution in [-0.2, 0) is 6.54 Å². The summed E-state index contributed by atoms with van der Waals surface area (Å²) in [4.78, 5) is 0. The van der Waals surface area contributed by atoms with Crippen LogP contribution in [0.4, 0.5) is 13.2 Å². The number of benzene rings is 1. The van der Waals surface area contributed by atoms with Gasteiger partial charge in [-0.2, -0.15) is 0 Å². The first-order chi connectivity index (χ1) is 9.60. The lowest BCUT2D eigenvalue weighted by atomic mass is 9.83. The molecule has 1 nitrogen and oxygen atoms in total. The van der Waals surface area contributed by atoms with E-state index in [-0.39, 0.29) is 12.1 Å². The Bertz CT molecular complexity index is 440. The zero-order valence-corrected chi connectivity index (χ0v) is 11.9. The summed E-state index contributed by atoms with van der Waals surface area (Å²) in [5.41, 5.74) is 0.194. The summed E-state index contributed by atoms with van der Waals surface area (Å²) >= 11 is 0. The lowest BCUT2D eigenvalue weighted by Gasteiger charge is -2.29. The van der Waals surface area contributed by atoms with Gasteiger partial charge in [-0.25, -0.2) is 13.2 Å². The second-order valence-corrected chi connectivity index (χ2v) is 5.74. The predicted octanol–water partition coefficient (Wildman–Crippen LogP) is 4.55. The van der Waals surface area contributed by atoms with Gasteiger partial charge in [-0.3, -0.25) is 0 Å². The molecule has 1 fully saturated rings. The van der Waals surface area contributed by atoms with Crippen molar-refractivity contribution in [2.45, 2.75) is 58.0 Å². The third-order valence-electron chi connectivity index (χ3n) is 4.21. The Labute approximate surface area is 118 Å². The largest absolute Gasteiger partial charge is 0.310 e. The van der Waals surface area contributed by atoms with Crippen LogP contribution in [0.3, 0.4) is 0 Å². The van der Waals surface area contributed by atoms with Crippen molar-refractivity contribution < 1.29 is 13.2 Å². The lowest BCUT2D eigenvalue weighted by molar-refractivity contribution is 0.277. The van der Waals surface area contributed by atoms with Gasteiger partial charge >= 0.3 is 0 Å². The van der Waals surface area contributed by atoms with E-state index in [1.54, 1.807) is 0 Å². The molecular weight excluding hydrogens is 263 g/mol. The highest BCUT2D eigenvalue weighted by molar-refractivity contribution is 5.20. The minimum Gasteiger partial charge on any atom is -0.310 e. The molecule has 20 heavy (non-hydrogen) atoms. The van der Waals surface area contributed by atoms with E-state index < -0.39 is 17.5 Å². The molecule has 0 aliphatic heterocycles. The zero-order valence-electron chi connectivity index (χ0n) is 11.9. The number of nitrogens with one attached hydrogen (secondary N) is 1. The Hall–Kier alpha value is -1.03. The minimum atomic E-state index is -1.13. The highest BCUT2D eigenvalue weighted by atomic mass is 19.2. The van der Waals surface area contributed by atoms with E-state index in [9.17, 15) is 13.2 Å². The molecule has 2 rings (SSSR count). The van der Waals surface area contributed by atoms with E-state index in [2.05, 4.69) is 12.2 Å². The molecular formula is C16H22F3N. The minimum absolute atomic E-state index is 0.194. The van der Waals surface area contributed by atoms with Gasteiger partial charge in [0.1, 0.15) is 5.82 Å². The van der Waals surface area contributed by atoms with Crippen LogP contribution in [0.2, 0.25) is 0 Å². The molecule has 0 spiro atoms. The summed E-state index contributed by atoms with van der Waals surface area (Å²) < 4.78 is 39.4. The van der Waals surface area contributed by atoms with E-state index in [1.165, 1.54) is 25.7 Å². The molecule has 0 atom stereocenters. The quantitative estimate of drug-likeness (QED) is 0.782. The van der Waals surface area contributed by atoms with Crippen LogP contribution in [0, 0.1) is 23.4 Å². The maximum atomic E-state index is 13.5. The summed E-state index contributed by atoms with van der Waals surface area (Å²) in [5, 5.41) is 3.26. The summed E-state index contributed by atoms with van der Waals surface area (Å²) in [7, 11) is 0. The van der Waals surface area contributed by atoms with Crippen LogP contribution in [0.1, 0.15) is 51.0 Å². The van der Waals surface area contributed by atoms with Gasteiger partial charge in [0.25, 0.3) is 0 Å². The topological polar surface area (TPSA) is 12.0 Å². The first-order valence-corrected chi connectivity index (χ1v) is 7.47. The fourth-order valence-corrected chi connectivity index (χ4v) is 3.02. The van der Waals surface area contributed by atoms with E-state index in [4.69, 9.17) is 0 Å². The van der Waals surface area contributed by atoms with Crippen LogP contribution in [-0.4, -0.2) is 6.04 Å². The maximum absolute atomic E-state index is 13.5. The molecule has 112 valence electrons. The Morgan fingerprint density at radius 2 is 1.65 bits per heavy atom. The molecule has 0 aromatic heterocycles. The fourth-order valence-electron chi connectivity index (χ4n) is 3.02. The highest BCUT2D eigenvalue weighted by Gasteiger charge is 2.20. The monoisotopic (exact) mass is 285 g/mol. The molecule has 1 aromatic rings. The van der Waals surface area contributed by atoms with E-state index in [1.807, 2.05) is 0 Å². The summed E-state index contributed by atoms with van der Waals surface area (Å²) in [6, 6.07) is 1.92. The highest BCUT2D eigenvalue weighted by Crippen LogP contribution is 2.28. The van der Waals surface area contributed by atoms with E-state index in [0.29, 0.717) is 12.1 Å². The standard InChI is InChI=1S/C16H22F3N/c1-2-3-11-4-6-13(7-5-11)20-10-12-8-15(18)16(19)9-14(12)17/h8-9,11,13,20H,2-7,10H2,1H3. The van der Waals surface area contributed by atoms with Crippen LogP contribution in [0.5, 0.6) is 0 Å². The first-order valence-electron chi connectivity index (χ1n) is 7.47. The second-order valence-electron chi connectivity index (χ2n) is 5.74. The molecule has 1 aromatic carbocycles. The number of rotatable bonds is 5. The molecule has 0 bridgehead atoms. The van der Waals surface area contributed by atoms with Gasteiger partial charge in [-0.05, 0) is 37.7 Å². The smallest absolute Gasteiger partial charge is 0.161 e. The first kappa shape index (κ1) is 15.4. The molecule has 1 aliphatic carbocycles. The molecule has 1 aliphatic rings. The maximum Gasteiger partial charge on any atom is 0.161 e. The van der Waals surface area contributed by atoms with Crippen molar-refractivity contribution in [2.24, 2.45) is 5.92 Å². The van der Waals surface area contributed by atoms with E-state index in [0.717, 1.165) is 24.8 Å². The Balaban J connectivity index is 1.83. The Morgan fingerprint density at radius 1 is 1.00 bits per heavy atom. The van der Waals surface area contributed by atoms with Crippen LogP contribution in [0.15, 0.2) is 12.1 Å². The normalized spacial score (nSPS) is 23.0. The molecule has 1 saturated carbocycles. The lowest BCUT2D eigenvalue weighted by Crippen LogP contribution is -2.33. The van der Waals surface area contributed by atoms with Crippen LogP contribution in [0.25, 0.3) is 0 Å². The van der Waals surface area contributed by atoms with Crippen molar-refractivity contribution in [3.05, 3.63) is 35.1 Å². The van der Waals surface area contributed by atoms with Crippen molar-refractivity contribution in [2.75, 3.05) is 0 Å². The molecule has 1 N–H and O–H groups in total. The Morgan fingerprint density at radius 3 is 2.30 bits per heavy atom. The molecule has 0 radical (unpaired) electrons. The van der Waals surface area contributed by atoms with Crippen LogP contribution >= 0.6 is 0 Å². The molecule has 0 amide bonds. The number of hydrogen-bond acceptors (Lipinski definition) is 1. The second kappa shape index (κ2) is 7.11. The van der Waals surface area contributed by atoms with Gasteiger partial charge < -0.3 is 5.32 Å². The SMILES string of the molecule is CCCC1CCC(NCc2cc(F)c(F)cc2F)CC1. The molecule has 0 heterocycles. The van der Waals surface area contributed by atoms with Crippen LogP contribution < -0.4 is 5.32 Å². The van der Waals surface area contributed by atoms with Crippen molar-refractivity contribution in [1.82, 2.24) is 5.32 Å². The number of hydrogen-bond donors (Lipinski definition) is 1. The summed E-state index contributed by atoms with van der Waals surface area (Å²) in [6.45, 7) is 2.46. The van der Waals surface area contributed by atoms with Gasteiger partial charge in [0.15, 0.2) is 11.6 Å². The van der Waals surface area contributed by atoms with Crippen molar-refractivity contribution in [1.29, 1.82) is 0 Å². The number of halogens is 3. The Kier molecular flexibility index (Phi) is 5.46. The fraction of sp³-hybridized carbons (Fsp3) is 0.625. The third-order valence-corrected chi connectivity index (χ3v) is 4.21. The molecule has 0 unspecified atom stereocenters. The van der Waals surface area contributed by atoms with Gasteiger partial charge in [0, 0.05) is 24.2 Å². The average molecular weight is 285 g/mol. The van der Waals surface area contributed by atoms with Gasteiger partial charge in [-0.15, -0.1) is 0 Å². The molecule has 0 saturated heterocycles. The van der Waals surface area contributed by atoms with Crippen molar-refractivity contribution in [3.8, 4) is 0 Å². The van der Waals surface area contributed by atoms with E-state index >= 15 is 0 Å². The van der Waals surface area contributed by atoms with Crippen molar-refractivity contribution in [3.63, 3.8) is 0 Å². The summed E-state index contributed by atoms with van der Waals surface area (Å²) in [5.74, 6) is -1.99. The predicted molar refractivity (Wildman–Crippen MR) is 73.8 cm³/mol. The van der Waals surface area contributed by atoms with Gasteiger partial charge in [0.05, 0.1) is 0 Å². The summed E-state index contributed by atoms with van der Waals surface area (Å²) in [6.07, 6.45) is 7.07. The average Bonchev–Trinajstić information content (AvgIpc) is 2.43. The van der Waals surface area contributed by atoms with Gasteiger partial charge in [0.2, 0.25) is 0 Å².